The van der Waals surface area contributed by atoms with Crippen LogP contribution in [0.1, 0.15) is 18.4 Å². The maximum Gasteiger partial charge on any atom is 0.253 e. The fraction of sp³-hybridized carbons (Fsp3) is 0.286. The van der Waals surface area contributed by atoms with Gasteiger partial charge in [-0.25, -0.2) is 8.42 Å². The number of hydrogen-bond donors (Lipinski definition) is 1. The average molecular weight is 402 g/mol. The quantitative estimate of drug-likeness (QED) is 0.852. The van der Waals surface area contributed by atoms with Gasteiger partial charge in [0.1, 0.15) is 21.3 Å². The first-order valence-corrected chi connectivity index (χ1v) is 10.5. The Morgan fingerprint density at radius 2 is 2.21 bits per heavy atom. The Hall–Kier alpha value is -1.44. The highest BCUT2D eigenvalue weighted by Gasteiger charge is 2.40. The van der Waals surface area contributed by atoms with E-state index in [1.165, 1.54) is 27.8 Å². The van der Waals surface area contributed by atoms with E-state index in [4.69, 9.17) is 16.9 Å². The molecule has 2 aromatic rings. The number of halogens is 1. The van der Waals surface area contributed by atoms with E-state index in [9.17, 15) is 13.2 Å². The lowest BCUT2D eigenvalue weighted by molar-refractivity contribution is -0.119. The smallest absolute Gasteiger partial charge is 0.253 e. The van der Waals surface area contributed by atoms with Crippen molar-refractivity contribution in [3.8, 4) is 6.07 Å². The van der Waals surface area contributed by atoms with Crippen LogP contribution >= 0.6 is 34.3 Å². The number of hydrogen-bond acceptors (Lipinski definition) is 6. The molecule has 0 aromatic carbocycles. The van der Waals surface area contributed by atoms with Gasteiger partial charge in [-0.3, -0.25) is 4.79 Å². The molecule has 1 N–H and O–H groups in total. The van der Waals surface area contributed by atoms with E-state index in [1.807, 2.05) is 6.07 Å². The third-order valence-corrected chi connectivity index (χ3v) is 8.08. The summed E-state index contributed by atoms with van der Waals surface area (Å²) in [4.78, 5) is 12.5. The van der Waals surface area contributed by atoms with Crippen LogP contribution in [0.4, 0.5) is 5.00 Å². The molecule has 1 amide bonds. The number of sulfonamides is 1. The summed E-state index contributed by atoms with van der Waals surface area (Å²) in [5, 5.41) is 13.8. The van der Waals surface area contributed by atoms with Crippen LogP contribution in [-0.4, -0.2) is 31.2 Å². The highest BCUT2D eigenvalue weighted by Crippen LogP contribution is 2.33. The maximum absolute atomic E-state index is 12.7. The number of rotatable bonds is 4. The molecule has 24 heavy (non-hydrogen) atoms. The van der Waals surface area contributed by atoms with E-state index in [0.717, 1.165) is 11.3 Å². The van der Waals surface area contributed by atoms with Gasteiger partial charge in [-0.15, -0.1) is 22.7 Å². The van der Waals surface area contributed by atoms with Crippen LogP contribution in [-0.2, 0) is 14.8 Å². The second-order valence-corrected chi connectivity index (χ2v) is 9.85. The second kappa shape index (κ2) is 6.82. The first-order chi connectivity index (χ1) is 11.4. The lowest BCUT2D eigenvalue weighted by Gasteiger charge is -2.22. The van der Waals surface area contributed by atoms with Crippen molar-refractivity contribution >= 4 is 55.2 Å². The number of anilines is 1. The average Bonchev–Trinajstić information content (AvgIpc) is 3.26. The predicted octanol–water partition coefficient (Wildman–Crippen LogP) is 3.13. The Balaban J connectivity index is 1.83. The zero-order chi connectivity index (χ0) is 17.3. The van der Waals surface area contributed by atoms with Crippen LogP contribution in [0.2, 0.25) is 4.34 Å². The Bertz CT molecular complexity index is 913. The number of thiophene rings is 2. The highest BCUT2D eigenvalue weighted by atomic mass is 35.5. The van der Waals surface area contributed by atoms with Crippen LogP contribution < -0.4 is 5.32 Å². The first-order valence-electron chi connectivity index (χ1n) is 6.99. The molecule has 0 aliphatic carbocycles. The SMILES string of the molecule is N#Cc1ccsc1NC(=O)[C@H]1CCCN1S(=O)(=O)c1ccc(Cl)s1. The zero-order valence-corrected chi connectivity index (χ0v) is 15.4. The van der Waals surface area contributed by atoms with Crippen molar-refractivity contribution in [2.45, 2.75) is 23.1 Å². The topological polar surface area (TPSA) is 90.3 Å². The largest absolute Gasteiger partial charge is 0.315 e. The molecule has 10 heteroatoms. The van der Waals surface area contributed by atoms with Crippen molar-refractivity contribution < 1.29 is 13.2 Å². The van der Waals surface area contributed by atoms with Gasteiger partial charge in [0.15, 0.2) is 0 Å². The van der Waals surface area contributed by atoms with Crippen LogP contribution in [0.25, 0.3) is 0 Å². The third-order valence-electron chi connectivity index (χ3n) is 3.64. The van der Waals surface area contributed by atoms with Gasteiger partial charge in [0.05, 0.1) is 9.90 Å². The number of nitriles is 1. The zero-order valence-electron chi connectivity index (χ0n) is 12.2. The number of carbonyl (C=O) groups excluding carboxylic acids is 1. The standard InChI is InChI=1S/C14H12ClN3O3S3/c15-11-3-4-12(23-11)24(20,21)18-6-1-2-10(18)13(19)17-14-9(8-16)5-7-22-14/h3-5,7,10H,1-2,6H2,(H,17,19)/t10-/m1/s1. The van der Waals surface area contributed by atoms with Gasteiger partial charge in [-0.05, 0) is 36.4 Å². The van der Waals surface area contributed by atoms with Crippen LogP contribution in [0.15, 0.2) is 27.8 Å². The molecule has 126 valence electrons. The van der Waals surface area contributed by atoms with Crippen molar-refractivity contribution in [2.24, 2.45) is 0 Å². The van der Waals surface area contributed by atoms with E-state index in [0.29, 0.717) is 27.7 Å². The summed E-state index contributed by atoms with van der Waals surface area (Å²) < 4.78 is 27.2. The van der Waals surface area contributed by atoms with Gasteiger partial charge in [0, 0.05) is 6.54 Å². The lowest BCUT2D eigenvalue weighted by atomic mass is 10.2. The lowest BCUT2D eigenvalue weighted by Crippen LogP contribution is -2.42. The monoisotopic (exact) mass is 401 g/mol. The molecule has 0 radical (unpaired) electrons. The minimum absolute atomic E-state index is 0.126. The van der Waals surface area contributed by atoms with Gasteiger partial charge >= 0.3 is 0 Å². The van der Waals surface area contributed by atoms with Crippen molar-refractivity contribution in [1.82, 2.24) is 4.31 Å². The number of amides is 1. The van der Waals surface area contributed by atoms with E-state index in [-0.39, 0.29) is 10.8 Å². The molecule has 0 spiro atoms. The molecular formula is C14H12ClN3O3S3. The molecule has 3 rings (SSSR count). The number of nitrogens with zero attached hydrogens (tertiary/aromatic N) is 2. The molecule has 2 aromatic heterocycles. The van der Waals surface area contributed by atoms with E-state index in [2.05, 4.69) is 5.32 Å². The molecule has 0 bridgehead atoms. The summed E-state index contributed by atoms with van der Waals surface area (Å²) >= 11 is 8.03. The Kier molecular flexibility index (Phi) is 4.94. The van der Waals surface area contributed by atoms with Crippen molar-refractivity contribution in [3.05, 3.63) is 33.5 Å². The minimum Gasteiger partial charge on any atom is -0.315 e. The third kappa shape index (κ3) is 3.20. The Morgan fingerprint density at radius 3 is 2.88 bits per heavy atom. The molecule has 6 nitrogen and oxygen atoms in total. The van der Waals surface area contributed by atoms with Gasteiger partial charge in [-0.2, -0.15) is 9.57 Å². The molecule has 3 heterocycles. The summed E-state index contributed by atoms with van der Waals surface area (Å²) in [6.07, 6.45) is 1.05. The fourth-order valence-corrected chi connectivity index (χ4v) is 6.54. The normalized spacial score (nSPS) is 18.4. The molecule has 1 aliphatic rings. The van der Waals surface area contributed by atoms with Gasteiger partial charge in [0.25, 0.3) is 10.0 Å². The summed E-state index contributed by atoms with van der Waals surface area (Å²) in [6.45, 7) is 0.283. The maximum atomic E-state index is 12.7. The molecule has 0 saturated carbocycles. The van der Waals surface area contributed by atoms with Gasteiger partial charge < -0.3 is 5.32 Å². The Labute approximate surface area is 152 Å². The summed E-state index contributed by atoms with van der Waals surface area (Å²) in [5.74, 6) is -0.419. The molecule has 1 atom stereocenters. The molecule has 1 aliphatic heterocycles. The van der Waals surface area contributed by atoms with Crippen molar-refractivity contribution in [1.29, 1.82) is 5.26 Å². The molecule has 1 fully saturated rings. The summed E-state index contributed by atoms with van der Waals surface area (Å²) in [6, 6.07) is 5.78. The van der Waals surface area contributed by atoms with Gasteiger partial charge in [-0.1, -0.05) is 11.6 Å². The summed E-state index contributed by atoms with van der Waals surface area (Å²) in [7, 11) is -3.76. The first kappa shape index (κ1) is 17.4. The predicted molar refractivity (Wildman–Crippen MR) is 93.9 cm³/mol. The molecule has 0 unspecified atom stereocenters. The number of nitrogens with one attached hydrogen (secondary N) is 1. The van der Waals surface area contributed by atoms with Crippen LogP contribution in [0.5, 0.6) is 0 Å². The second-order valence-electron chi connectivity index (χ2n) is 5.10. The van der Waals surface area contributed by atoms with Crippen molar-refractivity contribution in [2.75, 3.05) is 11.9 Å². The fourth-order valence-electron chi connectivity index (χ4n) is 2.53. The number of carbonyl (C=O) groups is 1. The Morgan fingerprint density at radius 1 is 1.42 bits per heavy atom. The summed E-state index contributed by atoms with van der Waals surface area (Å²) in [5.41, 5.74) is 0.366. The minimum atomic E-state index is -3.76. The highest BCUT2D eigenvalue weighted by molar-refractivity contribution is 7.91. The molecule has 1 saturated heterocycles. The molecular weight excluding hydrogens is 390 g/mol. The van der Waals surface area contributed by atoms with E-state index in [1.54, 1.807) is 11.4 Å². The van der Waals surface area contributed by atoms with E-state index >= 15 is 0 Å². The van der Waals surface area contributed by atoms with Crippen molar-refractivity contribution in [3.63, 3.8) is 0 Å². The van der Waals surface area contributed by atoms with E-state index < -0.39 is 22.0 Å². The van der Waals surface area contributed by atoms with Crippen LogP contribution in [0.3, 0.4) is 0 Å². The van der Waals surface area contributed by atoms with Gasteiger partial charge in [0.2, 0.25) is 5.91 Å². The van der Waals surface area contributed by atoms with Crippen LogP contribution in [0, 0.1) is 11.3 Å².